The second kappa shape index (κ2) is 8.11. The van der Waals surface area contributed by atoms with E-state index >= 15 is 0 Å². The minimum atomic E-state index is -0.556. The molecule has 0 bridgehead atoms. The van der Waals surface area contributed by atoms with Crippen LogP contribution in [0.3, 0.4) is 0 Å². The molecule has 1 aromatic rings. The molecule has 0 saturated carbocycles. The van der Waals surface area contributed by atoms with Gasteiger partial charge in [-0.2, -0.15) is 0 Å². The smallest absolute Gasteiger partial charge is 0.311 e. The highest BCUT2D eigenvalue weighted by Crippen LogP contribution is 2.17. The van der Waals surface area contributed by atoms with E-state index in [0.717, 1.165) is 24.8 Å². The minimum Gasteiger partial charge on any atom is -0.396 e. The van der Waals surface area contributed by atoms with Crippen LogP contribution in [0.2, 0.25) is 0 Å². The summed E-state index contributed by atoms with van der Waals surface area (Å²) >= 11 is 0. The molecule has 2 rings (SSSR count). The van der Waals surface area contributed by atoms with Crippen molar-refractivity contribution in [2.24, 2.45) is 5.92 Å². The van der Waals surface area contributed by atoms with E-state index in [2.05, 4.69) is 12.2 Å². The SMILES string of the molecule is CCc1ccc([C@@H](C)NC(=O)C(=O)N2CCC(CO)CC2)cc1. The number of nitrogens with zero attached hydrogens (tertiary/aromatic N) is 1. The Morgan fingerprint density at radius 1 is 1.26 bits per heavy atom. The molecule has 0 unspecified atom stereocenters. The Morgan fingerprint density at radius 2 is 1.87 bits per heavy atom. The molecule has 1 aromatic carbocycles. The van der Waals surface area contributed by atoms with Crippen molar-refractivity contribution in [3.8, 4) is 0 Å². The van der Waals surface area contributed by atoms with Crippen molar-refractivity contribution >= 4 is 11.8 Å². The lowest BCUT2D eigenvalue weighted by Crippen LogP contribution is -2.47. The van der Waals surface area contributed by atoms with Crippen LogP contribution in [0.1, 0.15) is 43.9 Å². The predicted molar refractivity (Wildman–Crippen MR) is 88.8 cm³/mol. The van der Waals surface area contributed by atoms with E-state index in [1.54, 1.807) is 4.90 Å². The molecule has 23 heavy (non-hydrogen) atoms. The lowest BCUT2D eigenvalue weighted by Gasteiger charge is -2.30. The van der Waals surface area contributed by atoms with Gasteiger partial charge >= 0.3 is 11.8 Å². The highest BCUT2D eigenvalue weighted by atomic mass is 16.3. The highest BCUT2D eigenvalue weighted by Gasteiger charge is 2.27. The third-order valence-corrected chi connectivity index (χ3v) is 4.59. The van der Waals surface area contributed by atoms with Crippen molar-refractivity contribution in [2.45, 2.75) is 39.2 Å². The van der Waals surface area contributed by atoms with Crippen molar-refractivity contribution in [3.05, 3.63) is 35.4 Å². The summed E-state index contributed by atoms with van der Waals surface area (Å²) in [6.07, 6.45) is 2.48. The van der Waals surface area contributed by atoms with Gasteiger partial charge in [0.25, 0.3) is 0 Å². The van der Waals surface area contributed by atoms with Crippen molar-refractivity contribution in [2.75, 3.05) is 19.7 Å². The molecule has 1 heterocycles. The molecule has 0 aliphatic carbocycles. The summed E-state index contributed by atoms with van der Waals surface area (Å²) in [5, 5.41) is 11.9. The van der Waals surface area contributed by atoms with Crippen LogP contribution in [-0.4, -0.2) is 41.5 Å². The number of aryl methyl sites for hydroxylation is 1. The van der Waals surface area contributed by atoms with Crippen LogP contribution in [0.15, 0.2) is 24.3 Å². The molecule has 0 spiro atoms. The van der Waals surface area contributed by atoms with Crippen molar-refractivity contribution < 1.29 is 14.7 Å². The fraction of sp³-hybridized carbons (Fsp3) is 0.556. The average molecular weight is 318 g/mol. The van der Waals surface area contributed by atoms with E-state index in [1.165, 1.54) is 5.56 Å². The topological polar surface area (TPSA) is 69.6 Å². The molecule has 1 aliphatic heterocycles. The Kier molecular flexibility index (Phi) is 6.16. The predicted octanol–water partition coefficient (Wildman–Crippen LogP) is 1.66. The molecule has 2 N–H and O–H groups in total. The average Bonchev–Trinajstić information content (AvgIpc) is 2.61. The molecule has 1 aliphatic rings. The van der Waals surface area contributed by atoms with Crippen LogP contribution in [-0.2, 0) is 16.0 Å². The zero-order valence-corrected chi connectivity index (χ0v) is 13.9. The van der Waals surface area contributed by atoms with Gasteiger partial charge in [0.2, 0.25) is 0 Å². The van der Waals surface area contributed by atoms with E-state index in [0.29, 0.717) is 13.1 Å². The Balaban J connectivity index is 1.88. The molecule has 1 atom stereocenters. The summed E-state index contributed by atoms with van der Waals surface area (Å²) in [5.74, 6) is -0.781. The summed E-state index contributed by atoms with van der Waals surface area (Å²) < 4.78 is 0. The van der Waals surface area contributed by atoms with Crippen LogP contribution < -0.4 is 5.32 Å². The van der Waals surface area contributed by atoms with Crippen molar-refractivity contribution in [1.82, 2.24) is 10.2 Å². The van der Waals surface area contributed by atoms with Crippen LogP contribution in [0.25, 0.3) is 0 Å². The Hall–Kier alpha value is -1.88. The van der Waals surface area contributed by atoms with Crippen molar-refractivity contribution in [3.63, 3.8) is 0 Å². The summed E-state index contributed by atoms with van der Waals surface area (Å²) in [6, 6.07) is 7.85. The first-order chi connectivity index (χ1) is 11.0. The second-order valence-corrected chi connectivity index (χ2v) is 6.21. The minimum absolute atomic E-state index is 0.152. The van der Waals surface area contributed by atoms with Gasteiger partial charge in [0.05, 0.1) is 6.04 Å². The van der Waals surface area contributed by atoms with E-state index in [9.17, 15) is 9.59 Å². The number of benzene rings is 1. The Morgan fingerprint density at radius 3 is 2.39 bits per heavy atom. The lowest BCUT2D eigenvalue weighted by molar-refractivity contribution is -0.147. The number of amides is 2. The number of rotatable bonds is 4. The van der Waals surface area contributed by atoms with Gasteiger partial charge in [-0.15, -0.1) is 0 Å². The van der Waals surface area contributed by atoms with Gasteiger partial charge in [-0.25, -0.2) is 0 Å². The quantitative estimate of drug-likeness (QED) is 0.830. The summed E-state index contributed by atoms with van der Waals surface area (Å²) in [6.45, 7) is 5.20. The zero-order valence-electron chi connectivity index (χ0n) is 13.9. The van der Waals surface area contributed by atoms with Crippen LogP contribution >= 0.6 is 0 Å². The fourth-order valence-corrected chi connectivity index (χ4v) is 2.85. The van der Waals surface area contributed by atoms with Gasteiger partial charge in [0.1, 0.15) is 0 Å². The maximum absolute atomic E-state index is 12.2. The molecular weight excluding hydrogens is 292 g/mol. The molecular formula is C18H26N2O3. The molecule has 2 amide bonds. The van der Waals surface area contributed by atoms with E-state index in [1.807, 2.05) is 31.2 Å². The number of nitrogens with one attached hydrogen (secondary N) is 1. The van der Waals surface area contributed by atoms with Crippen LogP contribution in [0, 0.1) is 5.92 Å². The summed E-state index contributed by atoms with van der Waals surface area (Å²) in [7, 11) is 0. The molecule has 5 nitrogen and oxygen atoms in total. The number of hydrogen-bond acceptors (Lipinski definition) is 3. The normalized spacial score (nSPS) is 16.9. The Labute approximate surface area is 137 Å². The van der Waals surface area contributed by atoms with Crippen LogP contribution in [0.5, 0.6) is 0 Å². The first-order valence-corrected chi connectivity index (χ1v) is 8.34. The number of carbonyl (C=O) groups excluding carboxylic acids is 2. The zero-order chi connectivity index (χ0) is 16.8. The van der Waals surface area contributed by atoms with Crippen LogP contribution in [0.4, 0.5) is 0 Å². The number of hydrogen-bond donors (Lipinski definition) is 2. The fourth-order valence-electron chi connectivity index (χ4n) is 2.85. The molecule has 0 radical (unpaired) electrons. The highest BCUT2D eigenvalue weighted by molar-refractivity contribution is 6.35. The van der Waals surface area contributed by atoms with Gasteiger partial charge in [0.15, 0.2) is 0 Å². The second-order valence-electron chi connectivity index (χ2n) is 6.21. The molecule has 0 aromatic heterocycles. The van der Waals surface area contributed by atoms with E-state index in [-0.39, 0.29) is 18.6 Å². The molecule has 1 fully saturated rings. The number of aliphatic hydroxyl groups is 1. The van der Waals surface area contributed by atoms with E-state index < -0.39 is 11.8 Å². The summed E-state index contributed by atoms with van der Waals surface area (Å²) in [4.78, 5) is 25.9. The summed E-state index contributed by atoms with van der Waals surface area (Å²) in [5.41, 5.74) is 2.23. The maximum Gasteiger partial charge on any atom is 0.311 e. The van der Waals surface area contributed by atoms with Gasteiger partial charge in [0, 0.05) is 19.7 Å². The number of carbonyl (C=O) groups is 2. The molecule has 1 saturated heterocycles. The largest absolute Gasteiger partial charge is 0.396 e. The molecule has 5 heteroatoms. The van der Waals surface area contributed by atoms with Crippen molar-refractivity contribution in [1.29, 1.82) is 0 Å². The van der Waals surface area contributed by atoms with Gasteiger partial charge < -0.3 is 15.3 Å². The number of piperidine rings is 1. The van der Waals surface area contributed by atoms with Gasteiger partial charge in [-0.05, 0) is 43.2 Å². The first kappa shape index (κ1) is 17.5. The van der Waals surface area contributed by atoms with Gasteiger partial charge in [-0.1, -0.05) is 31.2 Å². The van der Waals surface area contributed by atoms with E-state index in [4.69, 9.17) is 5.11 Å². The van der Waals surface area contributed by atoms with Gasteiger partial charge in [-0.3, -0.25) is 9.59 Å². The maximum atomic E-state index is 12.2. The monoisotopic (exact) mass is 318 g/mol. The number of aliphatic hydroxyl groups excluding tert-OH is 1. The third-order valence-electron chi connectivity index (χ3n) is 4.59. The lowest BCUT2D eigenvalue weighted by atomic mass is 9.98. The molecule has 126 valence electrons. The standard InChI is InChI=1S/C18H26N2O3/c1-3-14-4-6-16(7-5-14)13(2)19-17(22)18(23)20-10-8-15(12-21)9-11-20/h4-7,13,15,21H,3,8-12H2,1-2H3,(H,19,22)/t13-/m1/s1. The first-order valence-electron chi connectivity index (χ1n) is 8.34. The Bertz CT molecular complexity index is 534. The number of likely N-dealkylation sites (tertiary alicyclic amines) is 1. The third kappa shape index (κ3) is 4.55.